The number of hydrogen-bond acceptors (Lipinski definition) is 8. The van der Waals surface area contributed by atoms with Gasteiger partial charge in [-0.25, -0.2) is 9.78 Å². The van der Waals surface area contributed by atoms with Gasteiger partial charge in [-0.15, -0.1) is 0 Å². The normalized spacial score (nSPS) is 11.2. The number of anilines is 3. The van der Waals surface area contributed by atoms with Crippen LogP contribution in [-0.2, 0) is 17.8 Å². The Morgan fingerprint density at radius 3 is 1.98 bits per heavy atom. The van der Waals surface area contributed by atoms with Gasteiger partial charge in [-0.05, 0) is 68.7 Å². The molecule has 0 atom stereocenters. The number of methoxy groups -OCH3 is 2. The Kier molecular flexibility index (Phi) is 9.96. The zero-order valence-electron chi connectivity index (χ0n) is 25.1. The number of nitrogens with two attached hydrogens (primary N) is 1. The highest BCUT2D eigenvalue weighted by molar-refractivity contribution is 6.01. The van der Waals surface area contributed by atoms with E-state index in [0.29, 0.717) is 44.1 Å². The van der Waals surface area contributed by atoms with Crippen LogP contribution in [0.5, 0.6) is 11.5 Å². The molecule has 1 amide bonds. The van der Waals surface area contributed by atoms with E-state index >= 15 is 0 Å². The highest BCUT2D eigenvalue weighted by atomic mass is 16.6. The van der Waals surface area contributed by atoms with E-state index in [1.54, 1.807) is 14.2 Å². The molecule has 0 radical (unpaired) electrons. The van der Waals surface area contributed by atoms with Crippen molar-refractivity contribution in [2.75, 3.05) is 43.3 Å². The summed E-state index contributed by atoms with van der Waals surface area (Å²) in [4.78, 5) is 19.2. The topological polar surface area (TPSA) is 111 Å². The van der Waals surface area contributed by atoms with Crippen LogP contribution in [0.3, 0.4) is 0 Å². The van der Waals surface area contributed by atoms with Crippen molar-refractivity contribution in [3.05, 3.63) is 83.9 Å². The van der Waals surface area contributed by atoms with Gasteiger partial charge in [0.05, 0.1) is 31.1 Å². The minimum absolute atomic E-state index is 0.425. The molecular formula is C33H41N5O4. The fraction of sp³-hybridized carbons (Fsp3) is 0.333. The fourth-order valence-corrected chi connectivity index (χ4v) is 4.56. The highest BCUT2D eigenvalue weighted by Crippen LogP contribution is 2.37. The number of ether oxygens (including phenoxy) is 3. The standard InChI is InChI=1S/C33H41N5O4/c1-33(2,3)42-32(39)36-20-8-19-35-30-27-9-6-7-10-28(27)37-31(29(30)34)38(21-23-11-15-25(40-4)16-12-23)22-24-13-17-26(41-5)18-14-24/h6-7,9-18H,8,19-22,34H2,1-5H3,(H,35,37)(H,36,39). The molecule has 0 aliphatic carbocycles. The third-order valence-corrected chi connectivity index (χ3v) is 6.60. The van der Waals surface area contributed by atoms with Gasteiger partial charge in [0.2, 0.25) is 0 Å². The van der Waals surface area contributed by atoms with E-state index in [2.05, 4.69) is 15.5 Å². The molecule has 1 aromatic heterocycles. The average molecular weight is 572 g/mol. The Labute approximate surface area is 248 Å². The van der Waals surface area contributed by atoms with Crippen LogP contribution in [0.1, 0.15) is 38.3 Å². The van der Waals surface area contributed by atoms with Crippen LogP contribution >= 0.6 is 0 Å². The van der Waals surface area contributed by atoms with E-state index in [4.69, 9.17) is 24.9 Å². The van der Waals surface area contributed by atoms with Crippen LogP contribution in [-0.4, -0.2) is 44.0 Å². The predicted octanol–water partition coefficient (Wildman–Crippen LogP) is 6.37. The van der Waals surface area contributed by atoms with Gasteiger partial charge in [0.1, 0.15) is 17.1 Å². The fourth-order valence-electron chi connectivity index (χ4n) is 4.56. The molecule has 0 bridgehead atoms. The second kappa shape index (κ2) is 13.8. The largest absolute Gasteiger partial charge is 0.497 e. The average Bonchev–Trinajstić information content (AvgIpc) is 2.97. The number of para-hydroxylation sites is 1. The maximum atomic E-state index is 12.0. The molecule has 4 rings (SSSR count). The van der Waals surface area contributed by atoms with Crippen molar-refractivity contribution < 1.29 is 19.0 Å². The Hall–Kier alpha value is -4.66. The summed E-state index contributed by atoms with van der Waals surface area (Å²) in [7, 11) is 3.32. The highest BCUT2D eigenvalue weighted by Gasteiger charge is 2.20. The smallest absolute Gasteiger partial charge is 0.407 e. The molecule has 0 fully saturated rings. The van der Waals surface area contributed by atoms with Crippen molar-refractivity contribution in [1.82, 2.24) is 10.3 Å². The third-order valence-electron chi connectivity index (χ3n) is 6.60. The summed E-state index contributed by atoms with van der Waals surface area (Å²) in [5.74, 6) is 2.29. The van der Waals surface area contributed by atoms with Crippen molar-refractivity contribution in [2.24, 2.45) is 0 Å². The molecule has 4 aromatic rings. The van der Waals surface area contributed by atoms with Crippen LogP contribution in [0, 0.1) is 0 Å². The van der Waals surface area contributed by atoms with Gasteiger partial charge in [0.25, 0.3) is 0 Å². The number of alkyl carbamates (subject to hydrolysis) is 1. The van der Waals surface area contributed by atoms with Crippen molar-refractivity contribution in [3.8, 4) is 11.5 Å². The van der Waals surface area contributed by atoms with Crippen LogP contribution in [0.4, 0.5) is 22.0 Å². The second-order valence-corrected chi connectivity index (χ2v) is 11.0. The second-order valence-electron chi connectivity index (χ2n) is 11.0. The number of nitrogens with zero attached hydrogens (tertiary/aromatic N) is 2. The number of fused-ring (bicyclic) bond motifs is 1. The van der Waals surface area contributed by atoms with Gasteiger partial charge in [-0.1, -0.05) is 42.5 Å². The quantitative estimate of drug-likeness (QED) is 0.168. The van der Waals surface area contributed by atoms with E-state index in [0.717, 1.165) is 39.2 Å². The summed E-state index contributed by atoms with van der Waals surface area (Å²) in [5.41, 5.74) is 10.8. The van der Waals surface area contributed by atoms with Crippen molar-refractivity contribution in [3.63, 3.8) is 0 Å². The minimum Gasteiger partial charge on any atom is -0.497 e. The molecule has 0 aliphatic rings. The number of hydrogen-bond donors (Lipinski definition) is 3. The van der Waals surface area contributed by atoms with E-state index in [9.17, 15) is 4.79 Å². The van der Waals surface area contributed by atoms with E-state index in [1.807, 2.05) is 93.6 Å². The number of nitrogens with one attached hydrogen (secondary N) is 2. The lowest BCUT2D eigenvalue weighted by atomic mass is 10.1. The van der Waals surface area contributed by atoms with Crippen LogP contribution < -0.4 is 30.7 Å². The Morgan fingerprint density at radius 2 is 1.43 bits per heavy atom. The number of rotatable bonds is 12. The minimum atomic E-state index is -0.535. The Bertz CT molecular complexity index is 1420. The lowest BCUT2D eigenvalue weighted by Crippen LogP contribution is -2.33. The lowest BCUT2D eigenvalue weighted by Gasteiger charge is -2.27. The van der Waals surface area contributed by atoms with Crippen molar-refractivity contribution in [2.45, 2.75) is 45.9 Å². The maximum absolute atomic E-state index is 12.0. The van der Waals surface area contributed by atoms with Gasteiger partial charge >= 0.3 is 6.09 Å². The summed E-state index contributed by atoms with van der Waals surface area (Å²) < 4.78 is 16.0. The number of aromatic nitrogens is 1. The molecule has 4 N–H and O–H groups in total. The number of pyridine rings is 1. The summed E-state index contributed by atoms with van der Waals surface area (Å²) >= 11 is 0. The summed E-state index contributed by atoms with van der Waals surface area (Å²) in [6.07, 6.45) is 0.262. The molecule has 0 saturated heterocycles. The monoisotopic (exact) mass is 571 g/mol. The van der Waals surface area contributed by atoms with E-state index < -0.39 is 11.7 Å². The first-order valence-electron chi connectivity index (χ1n) is 14.1. The molecule has 1 heterocycles. The zero-order chi connectivity index (χ0) is 30.1. The van der Waals surface area contributed by atoms with Crippen LogP contribution in [0.25, 0.3) is 10.9 Å². The van der Waals surface area contributed by atoms with Gasteiger partial charge in [0.15, 0.2) is 5.82 Å². The third kappa shape index (κ3) is 8.19. The van der Waals surface area contributed by atoms with Crippen molar-refractivity contribution >= 4 is 34.2 Å². The first kappa shape index (κ1) is 30.3. The molecule has 9 nitrogen and oxygen atoms in total. The van der Waals surface area contributed by atoms with Crippen molar-refractivity contribution in [1.29, 1.82) is 0 Å². The molecule has 0 aliphatic heterocycles. The summed E-state index contributed by atoms with van der Waals surface area (Å²) in [6, 6.07) is 24.0. The zero-order valence-corrected chi connectivity index (χ0v) is 25.1. The SMILES string of the molecule is COc1ccc(CN(Cc2ccc(OC)cc2)c2nc3ccccc3c(NCCCNC(=O)OC(C)(C)C)c2N)cc1. The summed E-state index contributed by atoms with van der Waals surface area (Å²) in [5, 5.41) is 7.26. The van der Waals surface area contributed by atoms with Crippen LogP contribution in [0.2, 0.25) is 0 Å². The molecular weight excluding hydrogens is 530 g/mol. The van der Waals surface area contributed by atoms with E-state index in [-0.39, 0.29) is 0 Å². The molecule has 3 aromatic carbocycles. The Balaban J connectivity index is 1.60. The predicted molar refractivity (Wildman–Crippen MR) is 169 cm³/mol. The first-order valence-corrected chi connectivity index (χ1v) is 14.1. The maximum Gasteiger partial charge on any atom is 0.407 e. The lowest BCUT2D eigenvalue weighted by molar-refractivity contribution is 0.0527. The number of amides is 1. The molecule has 42 heavy (non-hydrogen) atoms. The Morgan fingerprint density at radius 1 is 0.857 bits per heavy atom. The van der Waals surface area contributed by atoms with E-state index in [1.165, 1.54) is 0 Å². The molecule has 0 spiro atoms. The summed E-state index contributed by atoms with van der Waals surface area (Å²) in [6.45, 7) is 7.78. The number of benzene rings is 3. The van der Waals surface area contributed by atoms with Gasteiger partial charge in [0, 0.05) is 31.6 Å². The van der Waals surface area contributed by atoms with Gasteiger partial charge in [-0.2, -0.15) is 0 Å². The molecule has 222 valence electrons. The first-order chi connectivity index (χ1) is 20.2. The van der Waals surface area contributed by atoms with Gasteiger partial charge in [-0.3, -0.25) is 0 Å². The number of nitrogen functional groups attached to an aromatic ring is 1. The van der Waals surface area contributed by atoms with Crippen LogP contribution in [0.15, 0.2) is 72.8 Å². The van der Waals surface area contributed by atoms with Gasteiger partial charge < -0.3 is 35.5 Å². The number of carbonyl (C=O) groups excluding carboxylic acids is 1. The number of carbonyl (C=O) groups is 1. The molecule has 9 heteroatoms. The molecule has 0 unspecified atom stereocenters. The molecule has 0 saturated carbocycles.